The third kappa shape index (κ3) is 6.90. The number of rotatable bonds is 8. The number of thioether (sulfide) groups is 2. The van der Waals surface area contributed by atoms with Gasteiger partial charge in [-0.15, -0.1) is 23.5 Å². The smallest absolute Gasteiger partial charge is 0.316 e. The fourth-order valence-corrected chi connectivity index (χ4v) is 3.86. The fraction of sp³-hybridized carbons (Fsp3) is 0.235. The first kappa shape index (κ1) is 20.1. The molecular formula is C17H16Cl2O4S2. The van der Waals surface area contributed by atoms with E-state index >= 15 is 0 Å². The van der Waals surface area contributed by atoms with Crippen LogP contribution in [0.4, 0.5) is 0 Å². The first-order valence-electron chi connectivity index (χ1n) is 7.34. The van der Waals surface area contributed by atoms with Gasteiger partial charge in [-0.05, 0) is 42.8 Å². The summed E-state index contributed by atoms with van der Waals surface area (Å²) in [5.74, 6) is 0.733. The molecule has 0 amide bonds. The Bertz CT molecular complexity index is 741. The van der Waals surface area contributed by atoms with E-state index in [1.165, 1.54) is 17.8 Å². The first-order chi connectivity index (χ1) is 12.0. The van der Waals surface area contributed by atoms with E-state index in [4.69, 9.17) is 27.9 Å². The Hall–Kier alpha value is -1.21. The number of aromatic hydroxyl groups is 2. The summed E-state index contributed by atoms with van der Waals surface area (Å²) >= 11 is 14.5. The van der Waals surface area contributed by atoms with Gasteiger partial charge in [-0.2, -0.15) is 0 Å². The van der Waals surface area contributed by atoms with E-state index in [-0.39, 0.29) is 28.2 Å². The van der Waals surface area contributed by atoms with Gasteiger partial charge in [0.05, 0.1) is 22.4 Å². The van der Waals surface area contributed by atoms with Crippen molar-refractivity contribution in [3.63, 3.8) is 0 Å². The largest absolute Gasteiger partial charge is 0.506 e. The van der Waals surface area contributed by atoms with Crippen LogP contribution in [0.3, 0.4) is 0 Å². The second-order valence-corrected chi connectivity index (χ2v) is 7.97. The number of carbonyl (C=O) groups is 1. The standard InChI is InChI=1S/C17H16Cl2O4S2/c18-13-8-11(2-4-15(13)20)24-7-1-6-23-17(22)10-25-12-3-5-16(21)14(19)9-12/h2-5,8-9,20-21H,1,6-7,10H2. The van der Waals surface area contributed by atoms with Gasteiger partial charge in [0.1, 0.15) is 11.5 Å². The van der Waals surface area contributed by atoms with Crippen LogP contribution in [-0.2, 0) is 9.53 Å². The van der Waals surface area contributed by atoms with E-state index in [0.717, 1.165) is 15.5 Å². The topological polar surface area (TPSA) is 66.8 Å². The van der Waals surface area contributed by atoms with Gasteiger partial charge in [-0.25, -0.2) is 0 Å². The molecule has 0 saturated carbocycles. The summed E-state index contributed by atoms with van der Waals surface area (Å²) in [7, 11) is 0. The molecule has 0 radical (unpaired) electrons. The molecule has 0 bridgehead atoms. The van der Waals surface area contributed by atoms with Crippen LogP contribution in [0, 0.1) is 0 Å². The molecule has 0 aliphatic heterocycles. The maximum atomic E-state index is 11.7. The quantitative estimate of drug-likeness (QED) is 0.347. The van der Waals surface area contributed by atoms with E-state index < -0.39 is 0 Å². The summed E-state index contributed by atoms with van der Waals surface area (Å²) in [6.07, 6.45) is 0.713. The van der Waals surface area contributed by atoms with Gasteiger partial charge in [0.2, 0.25) is 0 Å². The van der Waals surface area contributed by atoms with Gasteiger partial charge in [0, 0.05) is 15.5 Å². The average Bonchev–Trinajstić information content (AvgIpc) is 2.58. The second-order valence-electron chi connectivity index (χ2n) is 4.94. The number of hydrogen-bond acceptors (Lipinski definition) is 6. The Balaban J connectivity index is 1.61. The Morgan fingerprint density at radius 2 is 1.52 bits per heavy atom. The Kier molecular flexibility index (Phi) is 8.09. The molecule has 0 spiro atoms. The number of esters is 1. The summed E-state index contributed by atoms with van der Waals surface area (Å²) in [4.78, 5) is 13.4. The molecule has 25 heavy (non-hydrogen) atoms. The number of hydrogen-bond donors (Lipinski definition) is 2. The molecule has 2 rings (SSSR count). The van der Waals surface area contributed by atoms with Crippen molar-refractivity contribution in [2.75, 3.05) is 18.1 Å². The zero-order chi connectivity index (χ0) is 18.2. The predicted octanol–water partition coefficient (Wildman–Crippen LogP) is 5.22. The van der Waals surface area contributed by atoms with Gasteiger partial charge < -0.3 is 14.9 Å². The molecule has 0 heterocycles. The molecule has 2 N–H and O–H groups in total. The van der Waals surface area contributed by atoms with Gasteiger partial charge in [0.25, 0.3) is 0 Å². The molecule has 8 heteroatoms. The summed E-state index contributed by atoms with van der Waals surface area (Å²) in [5.41, 5.74) is 0. The third-order valence-corrected chi connectivity index (χ3v) is 5.67. The molecule has 0 aliphatic rings. The molecule has 0 unspecified atom stereocenters. The predicted molar refractivity (Wildman–Crippen MR) is 103 cm³/mol. The lowest BCUT2D eigenvalue weighted by atomic mass is 10.3. The zero-order valence-corrected chi connectivity index (χ0v) is 16.2. The van der Waals surface area contributed by atoms with Crippen molar-refractivity contribution in [1.29, 1.82) is 0 Å². The van der Waals surface area contributed by atoms with Crippen molar-refractivity contribution in [3.8, 4) is 11.5 Å². The highest BCUT2D eigenvalue weighted by molar-refractivity contribution is 8.00. The van der Waals surface area contributed by atoms with Crippen molar-refractivity contribution < 1.29 is 19.7 Å². The highest BCUT2D eigenvalue weighted by Crippen LogP contribution is 2.30. The van der Waals surface area contributed by atoms with Crippen LogP contribution >= 0.6 is 46.7 Å². The van der Waals surface area contributed by atoms with Crippen LogP contribution in [0.15, 0.2) is 46.2 Å². The summed E-state index contributed by atoms with van der Waals surface area (Å²) in [5, 5.41) is 19.3. The first-order valence-corrected chi connectivity index (χ1v) is 10.1. The van der Waals surface area contributed by atoms with Crippen molar-refractivity contribution in [3.05, 3.63) is 46.4 Å². The van der Waals surface area contributed by atoms with E-state index in [9.17, 15) is 15.0 Å². The number of phenols is 2. The monoisotopic (exact) mass is 418 g/mol. The molecule has 0 aliphatic carbocycles. The van der Waals surface area contributed by atoms with Crippen molar-refractivity contribution >= 4 is 52.7 Å². The van der Waals surface area contributed by atoms with Crippen LogP contribution in [-0.4, -0.2) is 34.3 Å². The molecule has 2 aromatic carbocycles. The highest BCUT2D eigenvalue weighted by Gasteiger charge is 2.07. The van der Waals surface area contributed by atoms with Crippen molar-refractivity contribution in [2.24, 2.45) is 0 Å². The number of carbonyl (C=O) groups excluding carboxylic acids is 1. The highest BCUT2D eigenvalue weighted by atomic mass is 35.5. The van der Waals surface area contributed by atoms with Gasteiger partial charge in [0.15, 0.2) is 0 Å². The lowest BCUT2D eigenvalue weighted by Gasteiger charge is -2.06. The maximum Gasteiger partial charge on any atom is 0.316 e. The summed E-state index contributed by atoms with van der Waals surface area (Å²) < 4.78 is 5.18. The Labute approximate surface area is 164 Å². The maximum absolute atomic E-state index is 11.7. The molecule has 134 valence electrons. The number of ether oxygens (including phenoxy) is 1. The minimum atomic E-state index is -0.299. The minimum Gasteiger partial charge on any atom is -0.506 e. The van der Waals surface area contributed by atoms with E-state index in [2.05, 4.69) is 0 Å². The Morgan fingerprint density at radius 3 is 2.08 bits per heavy atom. The number of benzene rings is 2. The summed E-state index contributed by atoms with van der Waals surface area (Å²) in [6.45, 7) is 0.342. The summed E-state index contributed by atoms with van der Waals surface area (Å²) in [6, 6.07) is 9.83. The lowest BCUT2D eigenvalue weighted by Crippen LogP contribution is -2.08. The van der Waals surface area contributed by atoms with Gasteiger partial charge in [-0.1, -0.05) is 23.2 Å². The average molecular weight is 419 g/mol. The van der Waals surface area contributed by atoms with Gasteiger partial charge >= 0.3 is 5.97 Å². The fourth-order valence-electron chi connectivity index (χ4n) is 1.77. The molecule has 0 aromatic heterocycles. The minimum absolute atomic E-state index is 0.0148. The van der Waals surface area contributed by atoms with Crippen molar-refractivity contribution in [1.82, 2.24) is 0 Å². The van der Waals surface area contributed by atoms with E-state index in [1.807, 2.05) is 0 Å². The second kappa shape index (κ2) is 10.1. The van der Waals surface area contributed by atoms with Crippen LogP contribution in [0.5, 0.6) is 11.5 Å². The zero-order valence-electron chi connectivity index (χ0n) is 13.1. The van der Waals surface area contributed by atoms with Crippen molar-refractivity contribution in [2.45, 2.75) is 16.2 Å². The molecule has 0 saturated heterocycles. The molecule has 0 atom stereocenters. The molecule has 4 nitrogen and oxygen atoms in total. The van der Waals surface area contributed by atoms with E-state index in [0.29, 0.717) is 18.1 Å². The molecule has 2 aromatic rings. The van der Waals surface area contributed by atoms with Crippen LogP contribution in [0.2, 0.25) is 10.0 Å². The van der Waals surface area contributed by atoms with Crippen LogP contribution < -0.4 is 0 Å². The molecular weight excluding hydrogens is 403 g/mol. The van der Waals surface area contributed by atoms with Crippen LogP contribution in [0.1, 0.15) is 6.42 Å². The SMILES string of the molecule is O=C(CSc1ccc(O)c(Cl)c1)OCCCSc1ccc(O)c(Cl)c1. The Morgan fingerprint density at radius 1 is 0.960 bits per heavy atom. The van der Waals surface area contributed by atoms with E-state index in [1.54, 1.807) is 42.1 Å². The number of phenolic OH excluding ortho intramolecular Hbond substituents is 2. The van der Waals surface area contributed by atoms with Crippen LogP contribution in [0.25, 0.3) is 0 Å². The normalized spacial score (nSPS) is 10.6. The third-order valence-electron chi connectivity index (χ3n) is 3.02. The number of halogens is 2. The lowest BCUT2D eigenvalue weighted by molar-refractivity contribution is -0.140. The van der Waals surface area contributed by atoms with Gasteiger partial charge in [-0.3, -0.25) is 4.79 Å². The molecule has 0 fully saturated rings.